The minimum absolute atomic E-state index is 0.0516. The van der Waals surface area contributed by atoms with Gasteiger partial charge in [0.2, 0.25) is 0 Å². The average Bonchev–Trinajstić information content (AvgIpc) is 2.52. The van der Waals surface area contributed by atoms with Crippen molar-refractivity contribution in [2.24, 2.45) is 0 Å². The van der Waals surface area contributed by atoms with Gasteiger partial charge < -0.3 is 5.32 Å². The predicted octanol–water partition coefficient (Wildman–Crippen LogP) is 0.989. The van der Waals surface area contributed by atoms with Crippen molar-refractivity contribution in [2.45, 2.75) is 13.5 Å². The number of carbonyl (C=O) groups is 1. The van der Waals surface area contributed by atoms with Gasteiger partial charge in [-0.1, -0.05) is 12.1 Å². The zero-order valence-electron chi connectivity index (χ0n) is 12.6. The van der Waals surface area contributed by atoms with E-state index in [0.29, 0.717) is 5.56 Å². The molecule has 1 aromatic carbocycles. The second-order valence-electron chi connectivity index (χ2n) is 5.27. The van der Waals surface area contributed by atoms with Gasteiger partial charge in [0.15, 0.2) is 0 Å². The lowest BCUT2D eigenvalue weighted by Crippen LogP contribution is -2.26. The van der Waals surface area contributed by atoms with Crippen molar-refractivity contribution in [3.63, 3.8) is 0 Å². The molecular weight excluding hydrogens is 315 g/mol. The first kappa shape index (κ1) is 15.6. The fourth-order valence-electron chi connectivity index (χ4n) is 2.35. The number of carbonyl (C=O) groups excluding carboxylic acids is 1. The lowest BCUT2D eigenvalue weighted by molar-refractivity contribution is 0.0946. The Kier molecular flexibility index (Phi) is 3.95. The molecule has 0 atom stereocenters. The van der Waals surface area contributed by atoms with Crippen molar-refractivity contribution >= 4 is 16.9 Å². The van der Waals surface area contributed by atoms with Gasteiger partial charge in [-0.05, 0) is 36.2 Å². The number of rotatable bonds is 3. The molecule has 3 N–H and O–H groups in total. The Balaban J connectivity index is 1.88. The molecule has 7 nitrogen and oxygen atoms in total. The third-order valence-electron chi connectivity index (χ3n) is 3.50. The number of halogens is 1. The Morgan fingerprint density at radius 1 is 1.21 bits per heavy atom. The van der Waals surface area contributed by atoms with E-state index in [1.54, 1.807) is 19.1 Å². The summed E-state index contributed by atoms with van der Waals surface area (Å²) in [5, 5.41) is 2.88. The Labute approximate surface area is 134 Å². The molecule has 0 aliphatic heterocycles. The van der Waals surface area contributed by atoms with Crippen LogP contribution < -0.4 is 16.6 Å². The smallest absolute Gasteiger partial charge is 0.327 e. The van der Waals surface area contributed by atoms with Gasteiger partial charge in [-0.15, -0.1) is 0 Å². The summed E-state index contributed by atoms with van der Waals surface area (Å²) in [6.07, 6.45) is 0. The van der Waals surface area contributed by atoms with Crippen LogP contribution in [-0.2, 0) is 6.54 Å². The van der Waals surface area contributed by atoms with Crippen LogP contribution in [-0.4, -0.2) is 20.9 Å². The number of nitrogens with zero attached hydrogens (tertiary/aromatic N) is 1. The van der Waals surface area contributed by atoms with Crippen LogP contribution in [0.25, 0.3) is 11.0 Å². The van der Waals surface area contributed by atoms with Gasteiger partial charge in [0.1, 0.15) is 17.2 Å². The van der Waals surface area contributed by atoms with Gasteiger partial charge in [0, 0.05) is 6.54 Å². The highest BCUT2D eigenvalue weighted by Gasteiger charge is 2.13. The van der Waals surface area contributed by atoms with E-state index in [1.165, 1.54) is 18.2 Å². The molecule has 0 aliphatic rings. The summed E-state index contributed by atoms with van der Waals surface area (Å²) in [5.41, 5.74) is 0.121. The summed E-state index contributed by atoms with van der Waals surface area (Å²) in [6.45, 7) is 1.85. The van der Waals surface area contributed by atoms with Crippen LogP contribution in [0.15, 0.2) is 39.9 Å². The SMILES string of the molecule is Cc1cc(C(=O)NCc2ccc(F)cc2)nc2[nH]c(=O)[nH]c(=O)c12. The van der Waals surface area contributed by atoms with Crippen molar-refractivity contribution in [3.8, 4) is 0 Å². The van der Waals surface area contributed by atoms with Crippen LogP contribution >= 0.6 is 0 Å². The van der Waals surface area contributed by atoms with E-state index in [4.69, 9.17) is 0 Å². The van der Waals surface area contributed by atoms with Crippen molar-refractivity contribution in [3.05, 3.63) is 73.8 Å². The molecule has 0 bridgehead atoms. The first-order chi connectivity index (χ1) is 11.4. The summed E-state index contributed by atoms with van der Waals surface area (Å²) < 4.78 is 12.9. The largest absolute Gasteiger partial charge is 0.347 e. The fraction of sp³-hybridized carbons (Fsp3) is 0.125. The van der Waals surface area contributed by atoms with E-state index in [9.17, 15) is 18.8 Å². The van der Waals surface area contributed by atoms with Crippen molar-refractivity contribution < 1.29 is 9.18 Å². The van der Waals surface area contributed by atoms with Crippen LogP contribution in [0.3, 0.4) is 0 Å². The Morgan fingerprint density at radius 2 is 1.92 bits per heavy atom. The van der Waals surface area contributed by atoms with Crippen LogP contribution in [0, 0.1) is 12.7 Å². The number of aromatic amines is 2. The standard InChI is InChI=1S/C16H13FN4O3/c1-8-6-11(19-13-12(8)15(23)21-16(24)20-13)14(22)18-7-9-2-4-10(17)5-3-9/h2-6H,7H2,1H3,(H,18,22)(H2,19,20,21,23,24). The number of benzene rings is 1. The van der Waals surface area contributed by atoms with Crippen LogP contribution in [0.2, 0.25) is 0 Å². The fourth-order valence-corrected chi connectivity index (χ4v) is 2.35. The number of amides is 1. The summed E-state index contributed by atoms with van der Waals surface area (Å²) in [6, 6.07) is 7.20. The second-order valence-corrected chi connectivity index (χ2v) is 5.27. The summed E-state index contributed by atoms with van der Waals surface area (Å²) >= 11 is 0. The first-order valence-corrected chi connectivity index (χ1v) is 7.10. The maximum atomic E-state index is 12.9. The second kappa shape index (κ2) is 6.07. The number of hydrogen-bond acceptors (Lipinski definition) is 4. The van der Waals surface area contributed by atoms with Crippen molar-refractivity contribution in [1.29, 1.82) is 0 Å². The molecule has 0 saturated carbocycles. The highest BCUT2D eigenvalue weighted by atomic mass is 19.1. The van der Waals surface area contributed by atoms with E-state index in [-0.39, 0.29) is 29.1 Å². The van der Waals surface area contributed by atoms with E-state index in [2.05, 4.69) is 20.3 Å². The Hall–Kier alpha value is -3.29. The molecule has 2 aromatic heterocycles. The highest BCUT2D eigenvalue weighted by molar-refractivity contribution is 5.95. The lowest BCUT2D eigenvalue weighted by atomic mass is 10.1. The van der Waals surface area contributed by atoms with E-state index in [1.807, 2.05) is 0 Å². The number of aryl methyl sites for hydroxylation is 1. The van der Waals surface area contributed by atoms with Crippen molar-refractivity contribution in [1.82, 2.24) is 20.3 Å². The van der Waals surface area contributed by atoms with Gasteiger partial charge in [0.25, 0.3) is 11.5 Å². The maximum absolute atomic E-state index is 12.9. The molecule has 0 radical (unpaired) electrons. The topological polar surface area (TPSA) is 108 Å². The summed E-state index contributed by atoms with van der Waals surface area (Å²) in [4.78, 5) is 43.9. The molecule has 122 valence electrons. The normalized spacial score (nSPS) is 10.8. The predicted molar refractivity (Wildman–Crippen MR) is 85.3 cm³/mol. The number of aromatic nitrogens is 3. The lowest BCUT2D eigenvalue weighted by Gasteiger charge is -2.07. The third kappa shape index (κ3) is 3.07. The monoisotopic (exact) mass is 328 g/mol. The average molecular weight is 328 g/mol. The molecule has 8 heteroatoms. The highest BCUT2D eigenvalue weighted by Crippen LogP contribution is 2.11. The van der Waals surface area contributed by atoms with Gasteiger partial charge in [-0.3, -0.25) is 19.6 Å². The maximum Gasteiger partial charge on any atom is 0.327 e. The molecule has 3 rings (SSSR count). The van der Waals surface area contributed by atoms with Crippen LogP contribution in [0.5, 0.6) is 0 Å². The van der Waals surface area contributed by atoms with E-state index >= 15 is 0 Å². The van der Waals surface area contributed by atoms with E-state index < -0.39 is 17.2 Å². The molecule has 0 aliphatic carbocycles. The summed E-state index contributed by atoms with van der Waals surface area (Å²) in [7, 11) is 0. The quantitative estimate of drug-likeness (QED) is 0.666. The minimum Gasteiger partial charge on any atom is -0.347 e. The number of nitrogens with one attached hydrogen (secondary N) is 3. The first-order valence-electron chi connectivity index (χ1n) is 7.10. The number of hydrogen-bond donors (Lipinski definition) is 3. The molecule has 0 saturated heterocycles. The van der Waals surface area contributed by atoms with Gasteiger partial charge >= 0.3 is 5.69 Å². The molecule has 2 heterocycles. The third-order valence-corrected chi connectivity index (χ3v) is 3.50. The van der Waals surface area contributed by atoms with Crippen LogP contribution in [0.1, 0.15) is 21.6 Å². The molecule has 0 spiro atoms. The molecule has 0 unspecified atom stereocenters. The van der Waals surface area contributed by atoms with Crippen LogP contribution in [0.4, 0.5) is 4.39 Å². The zero-order valence-corrected chi connectivity index (χ0v) is 12.6. The zero-order chi connectivity index (χ0) is 17.3. The minimum atomic E-state index is -0.691. The Bertz CT molecular complexity index is 1040. The molecule has 1 amide bonds. The number of fused-ring (bicyclic) bond motifs is 1. The summed E-state index contributed by atoms with van der Waals surface area (Å²) in [5.74, 6) is -0.823. The molecule has 0 fully saturated rings. The number of pyridine rings is 1. The molecular formula is C16H13FN4O3. The molecule has 24 heavy (non-hydrogen) atoms. The van der Waals surface area contributed by atoms with E-state index in [0.717, 1.165) is 5.56 Å². The van der Waals surface area contributed by atoms with Gasteiger partial charge in [-0.25, -0.2) is 14.2 Å². The van der Waals surface area contributed by atoms with Crippen molar-refractivity contribution in [2.75, 3.05) is 0 Å². The molecule has 3 aromatic rings. The van der Waals surface area contributed by atoms with Gasteiger partial charge in [-0.2, -0.15) is 0 Å². The number of H-pyrrole nitrogens is 2. The Morgan fingerprint density at radius 3 is 2.62 bits per heavy atom. The van der Waals surface area contributed by atoms with Gasteiger partial charge in [0.05, 0.1) is 5.39 Å².